The molecule has 1 fully saturated rings. The summed E-state index contributed by atoms with van der Waals surface area (Å²) in [5, 5.41) is 3.14. The maximum Gasteiger partial charge on any atom is 0.279 e. The van der Waals surface area contributed by atoms with Crippen molar-refractivity contribution in [2.45, 2.75) is 26.2 Å². The maximum atomic E-state index is 12.6. The fourth-order valence-electron chi connectivity index (χ4n) is 3.81. The van der Waals surface area contributed by atoms with E-state index in [2.05, 4.69) is 36.2 Å². The molecule has 1 atom stereocenters. The Labute approximate surface area is 168 Å². The van der Waals surface area contributed by atoms with Crippen molar-refractivity contribution in [3.05, 3.63) is 54.1 Å². The van der Waals surface area contributed by atoms with Crippen LogP contribution in [0.15, 0.2) is 48.5 Å². The Balaban J connectivity index is 1.55. The van der Waals surface area contributed by atoms with E-state index in [0.29, 0.717) is 12.5 Å². The van der Waals surface area contributed by atoms with Gasteiger partial charge in [-0.25, -0.2) is 0 Å². The van der Waals surface area contributed by atoms with Crippen molar-refractivity contribution >= 4 is 17.3 Å². The van der Waals surface area contributed by atoms with Crippen molar-refractivity contribution in [2.24, 2.45) is 0 Å². The number of ether oxygens (including phenoxy) is 1. The minimum Gasteiger partial charge on any atom is -0.495 e. The monoisotopic (exact) mass is 382 g/mol. The van der Waals surface area contributed by atoms with Gasteiger partial charge in [-0.2, -0.15) is 0 Å². The SMILES string of the molecule is CC[C@H](C)c1ccccc1NC(=O)C[NH+]1CCN(c2ccccc2OC)CC1. The molecule has 0 radical (unpaired) electrons. The van der Waals surface area contributed by atoms with E-state index in [1.807, 2.05) is 36.4 Å². The van der Waals surface area contributed by atoms with Gasteiger partial charge in [0.1, 0.15) is 5.75 Å². The molecule has 3 rings (SSSR count). The Morgan fingerprint density at radius 2 is 1.82 bits per heavy atom. The highest BCUT2D eigenvalue weighted by molar-refractivity contribution is 5.92. The summed E-state index contributed by atoms with van der Waals surface area (Å²) in [6.45, 7) is 8.62. The van der Waals surface area contributed by atoms with Gasteiger partial charge < -0.3 is 19.9 Å². The average Bonchev–Trinajstić information content (AvgIpc) is 2.74. The molecule has 28 heavy (non-hydrogen) atoms. The van der Waals surface area contributed by atoms with Gasteiger partial charge in [-0.15, -0.1) is 0 Å². The molecule has 0 aliphatic carbocycles. The third kappa shape index (κ3) is 4.84. The molecular formula is C23H32N3O2+. The molecule has 1 aliphatic rings. The fraction of sp³-hybridized carbons (Fsp3) is 0.435. The van der Waals surface area contributed by atoms with Gasteiger partial charge in [-0.1, -0.05) is 44.2 Å². The maximum absolute atomic E-state index is 12.6. The van der Waals surface area contributed by atoms with Crippen molar-refractivity contribution in [3.8, 4) is 5.75 Å². The van der Waals surface area contributed by atoms with E-state index in [1.165, 1.54) is 10.5 Å². The Kier molecular flexibility index (Phi) is 6.93. The number of para-hydroxylation sites is 3. The van der Waals surface area contributed by atoms with Gasteiger partial charge >= 0.3 is 0 Å². The molecule has 0 bridgehead atoms. The predicted molar refractivity (Wildman–Crippen MR) is 115 cm³/mol. The Morgan fingerprint density at radius 3 is 2.54 bits per heavy atom. The van der Waals surface area contributed by atoms with E-state index < -0.39 is 0 Å². The summed E-state index contributed by atoms with van der Waals surface area (Å²) in [6.07, 6.45) is 1.06. The molecule has 5 nitrogen and oxygen atoms in total. The van der Waals surface area contributed by atoms with E-state index in [0.717, 1.165) is 49.7 Å². The van der Waals surface area contributed by atoms with Crippen molar-refractivity contribution in [1.29, 1.82) is 0 Å². The lowest BCUT2D eigenvalue weighted by atomic mass is 9.97. The number of carbonyl (C=O) groups excluding carboxylic acids is 1. The number of nitrogens with one attached hydrogen (secondary N) is 2. The number of benzene rings is 2. The molecule has 1 amide bonds. The predicted octanol–water partition coefficient (Wildman–Crippen LogP) is 2.55. The van der Waals surface area contributed by atoms with E-state index in [1.54, 1.807) is 7.11 Å². The Hall–Kier alpha value is -2.53. The fourth-order valence-corrected chi connectivity index (χ4v) is 3.81. The number of quaternary nitrogens is 1. The summed E-state index contributed by atoms with van der Waals surface area (Å²) in [4.78, 5) is 16.3. The van der Waals surface area contributed by atoms with Crippen LogP contribution in [0.3, 0.4) is 0 Å². The smallest absolute Gasteiger partial charge is 0.279 e. The third-order valence-corrected chi connectivity index (χ3v) is 5.69. The molecular weight excluding hydrogens is 350 g/mol. The zero-order valence-corrected chi connectivity index (χ0v) is 17.2. The number of methoxy groups -OCH3 is 1. The lowest BCUT2D eigenvalue weighted by molar-refractivity contribution is -0.892. The molecule has 0 unspecified atom stereocenters. The second-order valence-corrected chi connectivity index (χ2v) is 7.53. The number of anilines is 2. The highest BCUT2D eigenvalue weighted by Gasteiger charge is 2.24. The van der Waals surface area contributed by atoms with Crippen LogP contribution in [-0.4, -0.2) is 45.7 Å². The van der Waals surface area contributed by atoms with E-state index in [-0.39, 0.29) is 5.91 Å². The van der Waals surface area contributed by atoms with Crippen LogP contribution in [0.4, 0.5) is 11.4 Å². The molecule has 1 heterocycles. The minimum absolute atomic E-state index is 0.0940. The van der Waals surface area contributed by atoms with Gasteiger partial charge in [-0.3, -0.25) is 4.79 Å². The Morgan fingerprint density at radius 1 is 1.14 bits per heavy atom. The number of amides is 1. The standard InChI is InChI=1S/C23H31N3O2/c1-4-18(2)19-9-5-6-10-20(19)24-23(27)17-25-13-15-26(16-14-25)21-11-7-8-12-22(21)28-3/h5-12,18H,4,13-17H2,1-3H3,(H,24,27)/p+1/t18-/m0/s1. The van der Waals surface area contributed by atoms with Gasteiger partial charge in [-0.05, 0) is 36.1 Å². The summed E-state index contributed by atoms with van der Waals surface area (Å²) in [5.74, 6) is 1.44. The third-order valence-electron chi connectivity index (χ3n) is 5.69. The largest absolute Gasteiger partial charge is 0.495 e. The quantitative estimate of drug-likeness (QED) is 0.774. The molecule has 5 heteroatoms. The molecule has 150 valence electrons. The van der Waals surface area contributed by atoms with Crippen LogP contribution < -0.4 is 19.9 Å². The number of nitrogens with zero attached hydrogens (tertiary/aromatic N) is 1. The first-order valence-corrected chi connectivity index (χ1v) is 10.2. The number of hydrogen-bond acceptors (Lipinski definition) is 3. The van der Waals surface area contributed by atoms with Crippen LogP contribution in [0.25, 0.3) is 0 Å². The van der Waals surface area contributed by atoms with Crippen LogP contribution >= 0.6 is 0 Å². The number of piperazine rings is 1. The van der Waals surface area contributed by atoms with E-state index in [4.69, 9.17) is 4.74 Å². The minimum atomic E-state index is 0.0940. The van der Waals surface area contributed by atoms with Crippen LogP contribution in [0.5, 0.6) is 5.75 Å². The van der Waals surface area contributed by atoms with Crippen LogP contribution in [-0.2, 0) is 4.79 Å². The van der Waals surface area contributed by atoms with E-state index >= 15 is 0 Å². The van der Waals surface area contributed by atoms with Gasteiger partial charge in [0.2, 0.25) is 0 Å². The summed E-state index contributed by atoms with van der Waals surface area (Å²) < 4.78 is 5.48. The number of hydrogen-bond donors (Lipinski definition) is 2. The second kappa shape index (κ2) is 9.60. The number of rotatable bonds is 7. The summed E-state index contributed by atoms with van der Waals surface area (Å²) >= 11 is 0. The van der Waals surface area contributed by atoms with Crippen LogP contribution in [0.1, 0.15) is 31.7 Å². The highest BCUT2D eigenvalue weighted by Crippen LogP contribution is 2.27. The average molecular weight is 383 g/mol. The summed E-state index contributed by atoms with van der Waals surface area (Å²) in [5.41, 5.74) is 3.30. The zero-order chi connectivity index (χ0) is 19.9. The lowest BCUT2D eigenvalue weighted by Crippen LogP contribution is -3.15. The lowest BCUT2D eigenvalue weighted by Gasteiger charge is -2.34. The van der Waals surface area contributed by atoms with Crippen molar-refractivity contribution < 1.29 is 14.4 Å². The molecule has 0 spiro atoms. The van der Waals surface area contributed by atoms with Gasteiger partial charge in [0.25, 0.3) is 5.91 Å². The van der Waals surface area contributed by atoms with Gasteiger partial charge in [0.15, 0.2) is 6.54 Å². The first-order chi connectivity index (χ1) is 13.6. The molecule has 0 saturated carbocycles. The first kappa shape index (κ1) is 20.2. The number of carbonyl (C=O) groups is 1. The van der Waals surface area contributed by atoms with Crippen molar-refractivity contribution in [2.75, 3.05) is 50.1 Å². The van der Waals surface area contributed by atoms with Crippen molar-refractivity contribution in [1.82, 2.24) is 0 Å². The molecule has 1 aliphatic heterocycles. The van der Waals surface area contributed by atoms with Crippen LogP contribution in [0, 0.1) is 0 Å². The summed E-state index contributed by atoms with van der Waals surface area (Å²) in [7, 11) is 1.71. The Bertz CT molecular complexity index is 785. The highest BCUT2D eigenvalue weighted by atomic mass is 16.5. The summed E-state index contributed by atoms with van der Waals surface area (Å²) in [6, 6.07) is 16.3. The normalized spacial score (nSPS) is 15.9. The van der Waals surface area contributed by atoms with Gasteiger partial charge in [0, 0.05) is 5.69 Å². The zero-order valence-electron chi connectivity index (χ0n) is 17.2. The molecule has 0 aromatic heterocycles. The molecule has 2 aromatic carbocycles. The van der Waals surface area contributed by atoms with Crippen molar-refractivity contribution in [3.63, 3.8) is 0 Å². The molecule has 1 saturated heterocycles. The topological polar surface area (TPSA) is 46.0 Å². The second-order valence-electron chi connectivity index (χ2n) is 7.53. The van der Waals surface area contributed by atoms with E-state index in [9.17, 15) is 4.79 Å². The van der Waals surface area contributed by atoms with Gasteiger partial charge in [0.05, 0.1) is 39.0 Å². The molecule has 2 aromatic rings. The molecule has 2 N–H and O–H groups in total. The van der Waals surface area contributed by atoms with Crippen LogP contribution in [0.2, 0.25) is 0 Å². The first-order valence-electron chi connectivity index (χ1n) is 10.2.